The molecule has 1 atom stereocenters. The number of hydrogen-bond acceptors (Lipinski definition) is 4. The monoisotopic (exact) mass is 377 g/mol. The van der Waals surface area contributed by atoms with E-state index in [1.54, 1.807) is 0 Å². The van der Waals surface area contributed by atoms with E-state index in [0.29, 0.717) is 6.04 Å². The van der Waals surface area contributed by atoms with Crippen LogP contribution in [0, 0.1) is 0 Å². The molecule has 0 radical (unpaired) electrons. The highest BCUT2D eigenvalue weighted by Gasteiger charge is 2.41. The van der Waals surface area contributed by atoms with Crippen molar-refractivity contribution in [3.63, 3.8) is 0 Å². The molecule has 0 aliphatic heterocycles. The van der Waals surface area contributed by atoms with Crippen LogP contribution in [0.25, 0.3) is 0 Å². The molecule has 0 spiro atoms. The van der Waals surface area contributed by atoms with Crippen LogP contribution < -0.4 is 5.32 Å². The highest BCUT2D eigenvalue weighted by molar-refractivity contribution is 9.10. The van der Waals surface area contributed by atoms with E-state index in [1.807, 2.05) is 7.05 Å². The summed E-state index contributed by atoms with van der Waals surface area (Å²) in [7, 11) is 1.95. The van der Waals surface area contributed by atoms with Gasteiger partial charge in [-0.15, -0.1) is 0 Å². The molecule has 1 unspecified atom stereocenters. The van der Waals surface area contributed by atoms with E-state index >= 15 is 0 Å². The molecule has 5 heteroatoms. The Morgan fingerprint density at radius 2 is 2.09 bits per heavy atom. The van der Waals surface area contributed by atoms with Gasteiger partial charge < -0.3 is 9.84 Å². The zero-order valence-corrected chi connectivity index (χ0v) is 15.4. The lowest BCUT2D eigenvalue weighted by atomic mass is 9.69. The summed E-state index contributed by atoms with van der Waals surface area (Å²) in [4.78, 5) is 4.77. The predicted octanol–water partition coefficient (Wildman–Crippen LogP) is 4.23. The van der Waals surface area contributed by atoms with Crippen molar-refractivity contribution in [2.24, 2.45) is 0 Å². The highest BCUT2D eigenvalue weighted by Crippen LogP contribution is 2.44. The molecule has 2 aromatic rings. The second-order valence-electron chi connectivity index (χ2n) is 6.56. The van der Waals surface area contributed by atoms with Crippen molar-refractivity contribution in [3.8, 4) is 0 Å². The summed E-state index contributed by atoms with van der Waals surface area (Å²) >= 11 is 3.60. The molecule has 1 heterocycles. The van der Waals surface area contributed by atoms with Crippen LogP contribution in [-0.4, -0.2) is 23.2 Å². The molecular weight excluding hydrogens is 354 g/mol. The molecule has 124 valence electrons. The van der Waals surface area contributed by atoms with E-state index < -0.39 is 0 Å². The summed E-state index contributed by atoms with van der Waals surface area (Å²) in [6.07, 6.45) is 6.63. The van der Waals surface area contributed by atoms with Crippen LogP contribution in [0.2, 0.25) is 0 Å². The van der Waals surface area contributed by atoms with Crippen molar-refractivity contribution >= 4 is 15.9 Å². The van der Waals surface area contributed by atoms with E-state index in [1.165, 1.54) is 24.8 Å². The van der Waals surface area contributed by atoms with Crippen molar-refractivity contribution in [2.45, 2.75) is 56.9 Å². The van der Waals surface area contributed by atoms with Crippen molar-refractivity contribution in [1.82, 2.24) is 15.5 Å². The highest BCUT2D eigenvalue weighted by atomic mass is 79.9. The number of aromatic nitrogens is 2. The average molecular weight is 378 g/mol. The molecule has 1 N–H and O–H groups in total. The van der Waals surface area contributed by atoms with Crippen LogP contribution in [0.4, 0.5) is 0 Å². The Labute approximate surface area is 146 Å². The van der Waals surface area contributed by atoms with Gasteiger partial charge in [-0.3, -0.25) is 0 Å². The number of nitrogens with one attached hydrogen (secondary N) is 1. The maximum atomic E-state index is 5.74. The number of halogens is 1. The zero-order valence-electron chi connectivity index (χ0n) is 13.8. The first-order valence-corrected chi connectivity index (χ1v) is 9.20. The first-order valence-electron chi connectivity index (χ1n) is 8.40. The van der Waals surface area contributed by atoms with Gasteiger partial charge in [-0.05, 0) is 44.5 Å². The standard InChI is InChI=1S/C18H24BrN3O/c1-13(20-2)11-16-21-17(23-22-16)18(9-4-3-5-10-18)14-7-6-8-15(19)12-14/h6-8,12-13,20H,3-5,9-11H2,1-2H3. The molecule has 0 bridgehead atoms. The van der Waals surface area contributed by atoms with Gasteiger partial charge in [-0.25, -0.2) is 0 Å². The molecular formula is C18H24BrN3O. The molecule has 1 aliphatic rings. The van der Waals surface area contributed by atoms with Crippen LogP contribution in [0.5, 0.6) is 0 Å². The van der Waals surface area contributed by atoms with Crippen LogP contribution in [0.15, 0.2) is 33.3 Å². The Morgan fingerprint density at radius 3 is 2.78 bits per heavy atom. The zero-order chi connectivity index (χ0) is 16.3. The third-order valence-electron chi connectivity index (χ3n) is 4.94. The van der Waals surface area contributed by atoms with Gasteiger partial charge in [-0.2, -0.15) is 4.98 Å². The Morgan fingerprint density at radius 1 is 1.30 bits per heavy atom. The average Bonchev–Trinajstić information content (AvgIpc) is 3.04. The second kappa shape index (κ2) is 7.14. The Kier molecular flexibility index (Phi) is 5.17. The minimum Gasteiger partial charge on any atom is -0.338 e. The van der Waals surface area contributed by atoms with Gasteiger partial charge in [0.25, 0.3) is 0 Å². The molecule has 1 aromatic carbocycles. The van der Waals surface area contributed by atoms with Gasteiger partial charge in [0.15, 0.2) is 5.82 Å². The van der Waals surface area contributed by atoms with Gasteiger partial charge in [0.05, 0.1) is 5.41 Å². The fraction of sp³-hybridized carbons (Fsp3) is 0.556. The number of likely N-dealkylation sites (N-methyl/N-ethyl adjacent to an activating group) is 1. The third-order valence-corrected chi connectivity index (χ3v) is 5.44. The summed E-state index contributed by atoms with van der Waals surface area (Å²) in [5.41, 5.74) is 1.15. The van der Waals surface area contributed by atoms with E-state index in [9.17, 15) is 0 Å². The Hall–Kier alpha value is -1.20. The summed E-state index contributed by atoms with van der Waals surface area (Å²) in [6.45, 7) is 2.13. The predicted molar refractivity (Wildman–Crippen MR) is 94.5 cm³/mol. The summed E-state index contributed by atoms with van der Waals surface area (Å²) in [6, 6.07) is 8.89. The van der Waals surface area contributed by atoms with Crippen LogP contribution in [-0.2, 0) is 11.8 Å². The first kappa shape index (κ1) is 16.7. The Balaban J connectivity index is 1.96. The quantitative estimate of drug-likeness (QED) is 0.846. The van der Waals surface area contributed by atoms with Crippen molar-refractivity contribution < 1.29 is 4.52 Å². The van der Waals surface area contributed by atoms with Crippen LogP contribution >= 0.6 is 15.9 Å². The fourth-order valence-electron chi connectivity index (χ4n) is 3.47. The topological polar surface area (TPSA) is 51.0 Å². The first-order chi connectivity index (χ1) is 11.1. The van der Waals surface area contributed by atoms with Gasteiger partial charge in [-0.1, -0.05) is 52.5 Å². The van der Waals surface area contributed by atoms with E-state index in [0.717, 1.165) is 35.5 Å². The minimum absolute atomic E-state index is 0.129. The van der Waals surface area contributed by atoms with Gasteiger partial charge >= 0.3 is 0 Å². The molecule has 3 rings (SSSR count). The molecule has 1 aromatic heterocycles. The van der Waals surface area contributed by atoms with Crippen molar-refractivity contribution in [1.29, 1.82) is 0 Å². The lowest BCUT2D eigenvalue weighted by Crippen LogP contribution is -2.31. The molecule has 4 nitrogen and oxygen atoms in total. The minimum atomic E-state index is -0.129. The van der Waals surface area contributed by atoms with Crippen molar-refractivity contribution in [2.75, 3.05) is 7.05 Å². The maximum Gasteiger partial charge on any atom is 0.237 e. The summed E-state index contributed by atoms with van der Waals surface area (Å²) < 4.78 is 6.84. The SMILES string of the molecule is CNC(C)Cc1noc(C2(c3cccc(Br)c3)CCCCC2)n1. The van der Waals surface area contributed by atoms with Crippen molar-refractivity contribution in [3.05, 3.63) is 46.0 Å². The van der Waals surface area contributed by atoms with E-state index in [-0.39, 0.29) is 5.41 Å². The van der Waals surface area contributed by atoms with Crippen LogP contribution in [0.3, 0.4) is 0 Å². The normalized spacial score (nSPS) is 18.7. The molecule has 23 heavy (non-hydrogen) atoms. The number of nitrogens with zero attached hydrogens (tertiary/aromatic N) is 2. The smallest absolute Gasteiger partial charge is 0.237 e. The molecule has 0 amide bonds. The molecule has 0 saturated heterocycles. The van der Waals surface area contributed by atoms with E-state index in [4.69, 9.17) is 9.51 Å². The van der Waals surface area contributed by atoms with Crippen LogP contribution in [0.1, 0.15) is 56.3 Å². The largest absolute Gasteiger partial charge is 0.338 e. The molecule has 1 fully saturated rings. The molecule has 1 aliphatic carbocycles. The lowest BCUT2D eigenvalue weighted by Gasteiger charge is -2.34. The number of rotatable bonds is 5. The number of benzene rings is 1. The van der Waals surface area contributed by atoms with E-state index in [2.05, 4.69) is 57.6 Å². The Bertz CT molecular complexity index is 649. The second-order valence-corrected chi connectivity index (χ2v) is 7.48. The number of hydrogen-bond donors (Lipinski definition) is 1. The third kappa shape index (κ3) is 3.50. The van der Waals surface area contributed by atoms with Gasteiger partial charge in [0.2, 0.25) is 5.89 Å². The summed E-state index contributed by atoms with van der Waals surface area (Å²) in [5.74, 6) is 1.58. The summed E-state index contributed by atoms with van der Waals surface area (Å²) in [5, 5.41) is 7.46. The van der Waals surface area contributed by atoms with Gasteiger partial charge in [0.1, 0.15) is 0 Å². The fourth-order valence-corrected chi connectivity index (χ4v) is 3.87. The van der Waals surface area contributed by atoms with Gasteiger partial charge in [0, 0.05) is 16.9 Å². The maximum absolute atomic E-state index is 5.74. The molecule has 1 saturated carbocycles. The lowest BCUT2D eigenvalue weighted by molar-refractivity contribution is 0.250.